The molecule has 0 atom stereocenters. The zero-order valence-electron chi connectivity index (χ0n) is 7.46. The van der Waals surface area contributed by atoms with Crippen LogP contribution in [0, 0.1) is 0 Å². The normalized spacial score (nSPS) is 9.43. The molecule has 1 aromatic carbocycles. The van der Waals surface area contributed by atoms with E-state index in [4.69, 9.17) is 4.42 Å². The van der Waals surface area contributed by atoms with Crippen molar-refractivity contribution < 1.29 is 4.42 Å². The lowest BCUT2D eigenvalue weighted by molar-refractivity contribution is 0.602. The molecule has 0 N–H and O–H groups in total. The third kappa shape index (κ3) is 2.20. The minimum Gasteiger partial charge on any atom is -0.443 e. The van der Waals surface area contributed by atoms with E-state index >= 15 is 0 Å². The number of thiophene rings is 1. The fourth-order valence-electron chi connectivity index (χ4n) is 1.03. The summed E-state index contributed by atoms with van der Waals surface area (Å²) < 4.78 is 5.01. The Morgan fingerprint density at radius 3 is 2.43 bits per heavy atom. The number of fused-ring (bicyclic) bond motifs is 1. The van der Waals surface area contributed by atoms with Gasteiger partial charge in [0.2, 0.25) is 0 Å². The highest BCUT2D eigenvalue weighted by Crippen LogP contribution is 2.09. The highest BCUT2D eigenvalue weighted by atomic mass is 32.1. The zero-order chi connectivity index (χ0) is 9.64. The van der Waals surface area contributed by atoms with Gasteiger partial charge in [-0.1, -0.05) is 24.3 Å². The second-order valence-corrected chi connectivity index (χ2v) is 3.43. The molecule has 3 aromatic rings. The van der Waals surface area contributed by atoms with Gasteiger partial charge in [-0.05, 0) is 22.9 Å². The second kappa shape index (κ2) is 4.58. The molecule has 0 aliphatic carbocycles. The monoisotopic (exact) mass is 203 g/mol. The van der Waals surface area contributed by atoms with Crippen molar-refractivity contribution in [3.63, 3.8) is 0 Å². The van der Waals surface area contributed by atoms with Crippen LogP contribution in [0.25, 0.3) is 11.1 Å². The summed E-state index contributed by atoms with van der Waals surface area (Å²) in [7, 11) is 0. The molecule has 3 heteroatoms. The smallest absolute Gasteiger partial charge is 0.181 e. The number of nitrogens with zero attached hydrogens (tertiary/aromatic N) is 1. The SMILES string of the molecule is c1ccc2ocnc2c1.c1ccsc1. The predicted molar refractivity (Wildman–Crippen MR) is 58.3 cm³/mol. The van der Waals surface area contributed by atoms with Crippen LogP contribution in [0.2, 0.25) is 0 Å². The third-order valence-corrected chi connectivity index (χ3v) is 2.29. The Bertz CT molecular complexity index is 425. The molecule has 0 saturated carbocycles. The van der Waals surface area contributed by atoms with Gasteiger partial charge in [0.1, 0.15) is 5.52 Å². The first-order chi connectivity index (χ1) is 6.97. The van der Waals surface area contributed by atoms with Gasteiger partial charge in [0.25, 0.3) is 0 Å². The maximum absolute atomic E-state index is 5.01. The zero-order valence-corrected chi connectivity index (χ0v) is 8.28. The Balaban J connectivity index is 0.000000128. The van der Waals surface area contributed by atoms with Crippen LogP contribution in [0.3, 0.4) is 0 Å². The summed E-state index contributed by atoms with van der Waals surface area (Å²) in [5, 5.41) is 4.08. The van der Waals surface area contributed by atoms with Crippen molar-refractivity contribution in [2.24, 2.45) is 0 Å². The molecule has 0 spiro atoms. The molecule has 0 bridgehead atoms. The van der Waals surface area contributed by atoms with E-state index in [1.54, 1.807) is 11.3 Å². The van der Waals surface area contributed by atoms with Crippen LogP contribution >= 0.6 is 11.3 Å². The van der Waals surface area contributed by atoms with Gasteiger partial charge < -0.3 is 4.42 Å². The van der Waals surface area contributed by atoms with Crippen molar-refractivity contribution in [3.05, 3.63) is 53.6 Å². The lowest BCUT2D eigenvalue weighted by Gasteiger charge is -1.79. The van der Waals surface area contributed by atoms with Gasteiger partial charge in [-0.2, -0.15) is 11.3 Å². The standard InChI is InChI=1S/C7H5NO.C4H4S/c1-2-4-7-6(3-1)8-5-9-7;1-2-4-5-3-1/h1-5H;1-4H. The molecule has 0 unspecified atom stereocenters. The van der Waals surface area contributed by atoms with E-state index in [9.17, 15) is 0 Å². The average Bonchev–Trinajstić information content (AvgIpc) is 2.92. The summed E-state index contributed by atoms with van der Waals surface area (Å²) in [6, 6.07) is 11.7. The Labute approximate surface area is 85.8 Å². The third-order valence-electron chi connectivity index (χ3n) is 1.66. The van der Waals surface area contributed by atoms with Crippen molar-refractivity contribution in [2.75, 3.05) is 0 Å². The summed E-state index contributed by atoms with van der Waals surface area (Å²) >= 11 is 1.71. The molecule has 0 amide bonds. The van der Waals surface area contributed by atoms with E-state index < -0.39 is 0 Å². The molecule has 2 aromatic heterocycles. The number of hydrogen-bond donors (Lipinski definition) is 0. The minimum atomic E-state index is 0.845. The maximum atomic E-state index is 5.01. The highest BCUT2D eigenvalue weighted by molar-refractivity contribution is 7.07. The molecular formula is C11H9NOS. The Morgan fingerprint density at radius 2 is 1.79 bits per heavy atom. The fourth-order valence-corrected chi connectivity index (χ4v) is 1.48. The van der Waals surface area contributed by atoms with Gasteiger partial charge in [-0.3, -0.25) is 0 Å². The van der Waals surface area contributed by atoms with E-state index in [0.717, 1.165) is 11.1 Å². The molecule has 0 saturated heterocycles. The lowest BCUT2D eigenvalue weighted by Crippen LogP contribution is -1.61. The Hall–Kier alpha value is -1.61. The quantitative estimate of drug-likeness (QED) is 0.558. The van der Waals surface area contributed by atoms with Crippen LogP contribution in [-0.4, -0.2) is 4.98 Å². The molecule has 0 radical (unpaired) electrons. The molecule has 2 heterocycles. The lowest BCUT2D eigenvalue weighted by atomic mass is 10.3. The number of para-hydroxylation sites is 2. The largest absolute Gasteiger partial charge is 0.443 e. The molecule has 0 aliphatic heterocycles. The van der Waals surface area contributed by atoms with E-state index in [0.29, 0.717) is 0 Å². The van der Waals surface area contributed by atoms with Crippen molar-refractivity contribution in [3.8, 4) is 0 Å². The van der Waals surface area contributed by atoms with E-state index in [1.807, 2.05) is 47.2 Å². The van der Waals surface area contributed by atoms with E-state index in [1.165, 1.54) is 6.39 Å². The van der Waals surface area contributed by atoms with Gasteiger partial charge in [-0.25, -0.2) is 4.98 Å². The molecule has 3 rings (SSSR count). The van der Waals surface area contributed by atoms with Crippen LogP contribution in [0.5, 0.6) is 0 Å². The maximum Gasteiger partial charge on any atom is 0.181 e. The first kappa shape index (κ1) is 8.97. The topological polar surface area (TPSA) is 26.0 Å². The number of rotatable bonds is 0. The Morgan fingerprint density at radius 1 is 1.00 bits per heavy atom. The van der Waals surface area contributed by atoms with Crippen LogP contribution in [0.4, 0.5) is 0 Å². The first-order valence-corrected chi connectivity index (χ1v) is 5.16. The van der Waals surface area contributed by atoms with Crippen molar-refractivity contribution in [1.29, 1.82) is 0 Å². The van der Waals surface area contributed by atoms with Crippen LogP contribution in [-0.2, 0) is 0 Å². The summed E-state index contributed by atoms with van der Waals surface area (Å²) in [4.78, 5) is 3.95. The average molecular weight is 203 g/mol. The molecule has 70 valence electrons. The van der Waals surface area contributed by atoms with E-state index in [2.05, 4.69) is 4.98 Å². The molecule has 0 aliphatic rings. The summed E-state index contributed by atoms with van der Waals surface area (Å²) in [5.74, 6) is 0. The van der Waals surface area contributed by atoms with Crippen molar-refractivity contribution >= 4 is 22.4 Å². The second-order valence-electron chi connectivity index (χ2n) is 2.61. The van der Waals surface area contributed by atoms with Gasteiger partial charge >= 0.3 is 0 Å². The summed E-state index contributed by atoms with van der Waals surface area (Å²) in [6.07, 6.45) is 1.45. The fraction of sp³-hybridized carbons (Fsp3) is 0. The van der Waals surface area contributed by atoms with Gasteiger partial charge in [-0.15, -0.1) is 0 Å². The first-order valence-electron chi connectivity index (χ1n) is 4.22. The molecule has 2 nitrogen and oxygen atoms in total. The molecular weight excluding hydrogens is 194 g/mol. The van der Waals surface area contributed by atoms with E-state index in [-0.39, 0.29) is 0 Å². The van der Waals surface area contributed by atoms with Gasteiger partial charge in [0.05, 0.1) is 0 Å². The number of oxazole rings is 1. The Kier molecular flexibility index (Phi) is 2.93. The number of aromatic nitrogens is 1. The van der Waals surface area contributed by atoms with Gasteiger partial charge in [0, 0.05) is 0 Å². The molecule has 14 heavy (non-hydrogen) atoms. The summed E-state index contributed by atoms with van der Waals surface area (Å²) in [5.41, 5.74) is 1.76. The number of hydrogen-bond acceptors (Lipinski definition) is 3. The molecule has 0 fully saturated rings. The van der Waals surface area contributed by atoms with Crippen LogP contribution in [0.1, 0.15) is 0 Å². The summed E-state index contributed by atoms with van der Waals surface area (Å²) in [6.45, 7) is 0. The number of benzene rings is 1. The van der Waals surface area contributed by atoms with Gasteiger partial charge in [0.15, 0.2) is 12.0 Å². The minimum absolute atomic E-state index is 0.845. The van der Waals surface area contributed by atoms with Crippen molar-refractivity contribution in [2.45, 2.75) is 0 Å². The predicted octanol–water partition coefficient (Wildman–Crippen LogP) is 3.58. The van der Waals surface area contributed by atoms with Crippen molar-refractivity contribution in [1.82, 2.24) is 4.98 Å². The van der Waals surface area contributed by atoms with Crippen LogP contribution < -0.4 is 0 Å². The highest BCUT2D eigenvalue weighted by Gasteiger charge is 1.91. The van der Waals surface area contributed by atoms with Crippen LogP contribution in [0.15, 0.2) is 58.0 Å².